The summed E-state index contributed by atoms with van der Waals surface area (Å²) < 4.78 is 19.6. The summed E-state index contributed by atoms with van der Waals surface area (Å²) >= 11 is 5.24. The number of rotatable bonds is 5. The van der Waals surface area contributed by atoms with E-state index in [9.17, 15) is 4.39 Å². The highest BCUT2D eigenvalue weighted by atomic mass is 79.9. The molecular formula is C14H15BrFNOS. The number of hydrogen-bond donors (Lipinski definition) is 1. The van der Waals surface area contributed by atoms with Crippen molar-refractivity contribution in [3.05, 3.63) is 50.4 Å². The minimum atomic E-state index is -0.335. The van der Waals surface area contributed by atoms with Crippen molar-refractivity contribution in [3.63, 3.8) is 0 Å². The fraction of sp³-hybridized carbons (Fsp3) is 0.286. The zero-order valence-corrected chi connectivity index (χ0v) is 13.1. The number of methoxy groups -OCH3 is 1. The van der Waals surface area contributed by atoms with Gasteiger partial charge in [0.1, 0.15) is 0 Å². The van der Waals surface area contributed by atoms with Crippen LogP contribution >= 0.6 is 27.3 Å². The van der Waals surface area contributed by atoms with Crippen molar-refractivity contribution in [1.29, 1.82) is 0 Å². The molecule has 1 atom stereocenters. The molecule has 0 aliphatic rings. The van der Waals surface area contributed by atoms with E-state index < -0.39 is 0 Å². The molecule has 0 radical (unpaired) electrons. The van der Waals surface area contributed by atoms with E-state index >= 15 is 0 Å². The van der Waals surface area contributed by atoms with Gasteiger partial charge in [0.05, 0.1) is 7.11 Å². The van der Waals surface area contributed by atoms with Gasteiger partial charge in [0.15, 0.2) is 11.6 Å². The summed E-state index contributed by atoms with van der Waals surface area (Å²) in [5, 5.41) is 5.32. The van der Waals surface area contributed by atoms with E-state index in [1.165, 1.54) is 18.1 Å². The summed E-state index contributed by atoms with van der Waals surface area (Å²) in [4.78, 5) is 1.27. The predicted octanol–water partition coefficient (Wildman–Crippen LogP) is 4.16. The van der Waals surface area contributed by atoms with E-state index in [2.05, 4.69) is 26.6 Å². The van der Waals surface area contributed by atoms with Gasteiger partial charge in [0, 0.05) is 21.8 Å². The molecule has 0 saturated heterocycles. The molecule has 102 valence electrons. The zero-order valence-electron chi connectivity index (χ0n) is 10.7. The van der Waals surface area contributed by atoms with Crippen LogP contribution in [0.2, 0.25) is 0 Å². The number of benzene rings is 1. The van der Waals surface area contributed by atoms with Gasteiger partial charge in [0.2, 0.25) is 0 Å². The molecule has 0 fully saturated rings. The van der Waals surface area contributed by atoms with Crippen molar-refractivity contribution in [2.75, 3.05) is 14.2 Å². The Morgan fingerprint density at radius 1 is 1.42 bits per heavy atom. The monoisotopic (exact) mass is 343 g/mol. The first-order chi connectivity index (χ1) is 9.15. The van der Waals surface area contributed by atoms with Crippen LogP contribution in [-0.2, 0) is 6.42 Å². The van der Waals surface area contributed by atoms with Crippen LogP contribution in [-0.4, -0.2) is 14.2 Å². The van der Waals surface area contributed by atoms with Gasteiger partial charge in [-0.3, -0.25) is 0 Å². The minimum absolute atomic E-state index is 0.129. The average molecular weight is 344 g/mol. The highest BCUT2D eigenvalue weighted by Crippen LogP contribution is 2.30. The first-order valence-electron chi connectivity index (χ1n) is 5.88. The standard InChI is InChI=1S/C14H15BrFNOS/c1-17-12(8-14-10(15)5-6-19-14)9-3-4-11(16)13(7-9)18-2/h3-7,12,17H,8H2,1-2H3. The third kappa shape index (κ3) is 3.35. The van der Waals surface area contributed by atoms with Gasteiger partial charge in [-0.05, 0) is 52.1 Å². The fourth-order valence-electron chi connectivity index (χ4n) is 1.94. The largest absolute Gasteiger partial charge is 0.494 e. The molecule has 1 aromatic heterocycles. The Kier molecular flexibility index (Phi) is 4.96. The van der Waals surface area contributed by atoms with Crippen molar-refractivity contribution in [3.8, 4) is 5.75 Å². The molecule has 0 spiro atoms. The second-order valence-corrected chi connectivity index (χ2v) is 5.99. The van der Waals surface area contributed by atoms with E-state index in [1.807, 2.05) is 13.1 Å². The molecule has 0 bridgehead atoms. The van der Waals surface area contributed by atoms with Gasteiger partial charge in [0.25, 0.3) is 0 Å². The lowest BCUT2D eigenvalue weighted by atomic mass is 10.0. The van der Waals surface area contributed by atoms with E-state index in [-0.39, 0.29) is 17.6 Å². The molecular weight excluding hydrogens is 329 g/mol. The maximum Gasteiger partial charge on any atom is 0.165 e. The van der Waals surface area contributed by atoms with Crippen LogP contribution in [0.4, 0.5) is 4.39 Å². The van der Waals surface area contributed by atoms with Crippen LogP contribution in [0.1, 0.15) is 16.5 Å². The predicted molar refractivity (Wildman–Crippen MR) is 80.5 cm³/mol. The molecule has 2 nitrogen and oxygen atoms in total. The number of thiophene rings is 1. The summed E-state index contributed by atoms with van der Waals surface area (Å²) in [6.45, 7) is 0. The number of nitrogens with one attached hydrogen (secondary N) is 1. The Bertz CT molecular complexity index is 558. The molecule has 19 heavy (non-hydrogen) atoms. The molecule has 2 rings (SSSR count). The van der Waals surface area contributed by atoms with E-state index in [4.69, 9.17) is 4.74 Å². The molecule has 1 heterocycles. The second kappa shape index (κ2) is 6.50. The Labute approximate surface area is 124 Å². The zero-order chi connectivity index (χ0) is 13.8. The molecule has 0 amide bonds. The molecule has 0 aliphatic heterocycles. The van der Waals surface area contributed by atoms with Gasteiger partial charge in [-0.2, -0.15) is 0 Å². The Morgan fingerprint density at radius 3 is 2.79 bits per heavy atom. The Morgan fingerprint density at radius 2 is 2.21 bits per heavy atom. The molecule has 5 heteroatoms. The quantitative estimate of drug-likeness (QED) is 0.879. The van der Waals surface area contributed by atoms with Crippen molar-refractivity contribution >= 4 is 27.3 Å². The molecule has 0 aliphatic carbocycles. The summed E-state index contributed by atoms with van der Waals surface area (Å²) in [5.41, 5.74) is 1.01. The lowest BCUT2D eigenvalue weighted by Gasteiger charge is -2.17. The molecule has 0 saturated carbocycles. The van der Waals surface area contributed by atoms with Crippen molar-refractivity contribution in [1.82, 2.24) is 5.32 Å². The van der Waals surface area contributed by atoms with Crippen LogP contribution in [0, 0.1) is 5.82 Å². The van der Waals surface area contributed by atoms with Crippen molar-refractivity contribution < 1.29 is 9.13 Å². The van der Waals surface area contributed by atoms with Gasteiger partial charge < -0.3 is 10.1 Å². The summed E-state index contributed by atoms with van der Waals surface area (Å²) in [7, 11) is 3.38. The maximum atomic E-state index is 13.4. The average Bonchev–Trinajstić information content (AvgIpc) is 2.82. The van der Waals surface area contributed by atoms with Gasteiger partial charge in [-0.15, -0.1) is 11.3 Å². The fourth-order valence-corrected chi connectivity index (χ4v) is 3.50. The van der Waals surface area contributed by atoms with Gasteiger partial charge >= 0.3 is 0 Å². The third-order valence-corrected chi connectivity index (χ3v) is 4.96. The highest BCUT2D eigenvalue weighted by Gasteiger charge is 2.15. The first kappa shape index (κ1) is 14.5. The van der Waals surface area contributed by atoms with Gasteiger partial charge in [-0.25, -0.2) is 4.39 Å². The summed E-state index contributed by atoms with van der Waals surface area (Å²) in [5.74, 6) is -0.0543. The van der Waals surface area contributed by atoms with E-state index in [1.54, 1.807) is 23.5 Å². The Hall–Kier alpha value is -0.910. The smallest absolute Gasteiger partial charge is 0.165 e. The van der Waals surface area contributed by atoms with E-state index in [0.29, 0.717) is 0 Å². The normalized spacial score (nSPS) is 12.4. The van der Waals surface area contributed by atoms with Crippen LogP contribution in [0.3, 0.4) is 0 Å². The molecule has 1 aromatic carbocycles. The minimum Gasteiger partial charge on any atom is -0.494 e. The van der Waals surface area contributed by atoms with Crippen LogP contribution in [0.25, 0.3) is 0 Å². The SMILES string of the molecule is CNC(Cc1sccc1Br)c1ccc(F)c(OC)c1. The number of ether oxygens (including phenoxy) is 1. The molecule has 1 unspecified atom stereocenters. The molecule has 1 N–H and O–H groups in total. The van der Waals surface area contributed by atoms with Crippen LogP contribution in [0.5, 0.6) is 5.75 Å². The summed E-state index contributed by atoms with van der Waals surface area (Å²) in [6, 6.07) is 7.16. The number of halogens is 2. The first-order valence-corrected chi connectivity index (χ1v) is 7.55. The topological polar surface area (TPSA) is 21.3 Å². The van der Waals surface area contributed by atoms with E-state index in [0.717, 1.165) is 16.5 Å². The molecule has 2 aromatic rings. The van der Waals surface area contributed by atoms with Crippen molar-refractivity contribution in [2.45, 2.75) is 12.5 Å². The third-order valence-electron chi connectivity index (χ3n) is 3.01. The van der Waals surface area contributed by atoms with Crippen LogP contribution < -0.4 is 10.1 Å². The maximum absolute atomic E-state index is 13.4. The van der Waals surface area contributed by atoms with Gasteiger partial charge in [-0.1, -0.05) is 6.07 Å². The van der Waals surface area contributed by atoms with Crippen molar-refractivity contribution in [2.24, 2.45) is 0 Å². The van der Waals surface area contributed by atoms with Crippen LogP contribution in [0.15, 0.2) is 34.1 Å². The second-order valence-electron chi connectivity index (χ2n) is 4.13. The Balaban J connectivity index is 2.24. The number of hydrogen-bond acceptors (Lipinski definition) is 3. The highest BCUT2D eigenvalue weighted by molar-refractivity contribution is 9.10. The summed E-state index contributed by atoms with van der Waals surface area (Å²) in [6.07, 6.45) is 0.851. The number of likely N-dealkylation sites (N-methyl/N-ethyl adjacent to an activating group) is 1. The lowest BCUT2D eigenvalue weighted by Crippen LogP contribution is -2.18. The lowest BCUT2D eigenvalue weighted by molar-refractivity contribution is 0.385.